The highest BCUT2D eigenvalue weighted by Crippen LogP contribution is 2.33. The van der Waals surface area contributed by atoms with Gasteiger partial charge in [-0.15, -0.1) is 0 Å². The number of fused-ring (bicyclic) bond motifs is 1. The van der Waals surface area contributed by atoms with E-state index in [9.17, 15) is 12.8 Å². The van der Waals surface area contributed by atoms with Crippen molar-refractivity contribution in [3.63, 3.8) is 0 Å². The summed E-state index contributed by atoms with van der Waals surface area (Å²) in [5.41, 5.74) is 6.09. The maximum absolute atomic E-state index is 13.1. The molecule has 0 aliphatic heterocycles. The van der Waals surface area contributed by atoms with Gasteiger partial charge < -0.3 is 24.1 Å². The molecular formula is C46H43Cl2FN6O5S. The molecule has 2 heterocycles. The van der Waals surface area contributed by atoms with Gasteiger partial charge in [0.15, 0.2) is 0 Å². The molecule has 15 heteroatoms. The van der Waals surface area contributed by atoms with Crippen molar-refractivity contribution < 1.29 is 26.7 Å². The third-order valence-corrected chi connectivity index (χ3v) is 10.2. The average molecular weight is 882 g/mol. The summed E-state index contributed by atoms with van der Waals surface area (Å²) in [6.45, 7) is 2.91. The van der Waals surface area contributed by atoms with Gasteiger partial charge in [-0.3, -0.25) is 4.99 Å². The van der Waals surface area contributed by atoms with E-state index in [0.717, 1.165) is 39.0 Å². The maximum Gasteiger partial charge on any atom is 0.149 e. The molecule has 0 bridgehead atoms. The number of aliphatic imine (C=N–C) groups is 2. The van der Waals surface area contributed by atoms with E-state index in [1.165, 1.54) is 36.5 Å². The number of nitrogens with zero attached hydrogens (tertiary/aromatic N) is 5. The fourth-order valence-electron chi connectivity index (χ4n) is 5.71. The van der Waals surface area contributed by atoms with Crippen LogP contribution in [0, 0.1) is 12.7 Å². The van der Waals surface area contributed by atoms with E-state index in [1.807, 2.05) is 86.6 Å². The van der Waals surface area contributed by atoms with Crippen LogP contribution in [0.1, 0.15) is 22.5 Å². The number of aryl methyl sites for hydroxylation is 1. The van der Waals surface area contributed by atoms with Gasteiger partial charge in [0.1, 0.15) is 64.0 Å². The molecule has 0 saturated heterocycles. The van der Waals surface area contributed by atoms with Gasteiger partial charge in [0, 0.05) is 37.0 Å². The summed E-state index contributed by atoms with van der Waals surface area (Å²) in [5.74, 6) is 2.64. The number of furan rings is 1. The number of sulfone groups is 1. The van der Waals surface area contributed by atoms with Crippen LogP contribution in [0.25, 0.3) is 22.2 Å². The normalized spacial score (nSPS) is 11.5. The Balaban J connectivity index is 0.000000249. The molecule has 1 N–H and O–H groups in total. The molecule has 0 aliphatic carbocycles. The Morgan fingerprint density at radius 1 is 0.836 bits per heavy atom. The van der Waals surface area contributed by atoms with Crippen molar-refractivity contribution in [1.82, 2.24) is 14.9 Å². The van der Waals surface area contributed by atoms with E-state index >= 15 is 0 Å². The van der Waals surface area contributed by atoms with Crippen molar-refractivity contribution in [2.75, 3.05) is 38.0 Å². The first kappa shape index (κ1) is 44.3. The molecule has 0 amide bonds. The van der Waals surface area contributed by atoms with Crippen LogP contribution in [-0.2, 0) is 23.1 Å². The zero-order valence-corrected chi connectivity index (χ0v) is 36.2. The lowest BCUT2D eigenvalue weighted by Crippen LogP contribution is -2.06. The predicted molar refractivity (Wildman–Crippen MR) is 244 cm³/mol. The molecule has 0 aliphatic rings. The molecule has 7 rings (SSSR count). The smallest absolute Gasteiger partial charge is 0.149 e. The third-order valence-electron chi connectivity index (χ3n) is 8.66. The highest BCUT2D eigenvalue weighted by molar-refractivity contribution is 7.90. The van der Waals surface area contributed by atoms with Gasteiger partial charge in [-0.25, -0.2) is 27.8 Å². The molecule has 61 heavy (non-hydrogen) atoms. The lowest BCUT2D eigenvalue weighted by molar-refractivity contribution is 0.306. The number of hydrogen-bond donors (Lipinski definition) is 1. The topological polar surface area (TPSA) is 132 Å². The molecule has 0 unspecified atom stereocenters. The Kier molecular flexibility index (Phi) is 15.1. The number of hydrogen-bond acceptors (Lipinski definition) is 10. The molecule has 5 aromatic carbocycles. The molecule has 0 atom stereocenters. The lowest BCUT2D eigenvalue weighted by Gasteiger charge is -2.12. The molecular weight excluding hydrogens is 839 g/mol. The maximum atomic E-state index is 13.1. The minimum atomic E-state index is -3.06. The second-order valence-electron chi connectivity index (χ2n) is 14.1. The molecule has 7 aromatic rings. The largest absolute Gasteiger partial charge is 0.487 e. The first-order valence-electron chi connectivity index (χ1n) is 18.9. The molecule has 11 nitrogen and oxygen atoms in total. The number of nitrogens with one attached hydrogen (secondary N) is 1. The fourth-order valence-corrected chi connectivity index (χ4v) is 6.61. The quantitative estimate of drug-likeness (QED) is 0.0789. The predicted octanol–water partition coefficient (Wildman–Crippen LogP) is 10.9. The van der Waals surface area contributed by atoms with E-state index in [4.69, 9.17) is 37.1 Å². The highest BCUT2D eigenvalue weighted by atomic mass is 35.5. The van der Waals surface area contributed by atoms with Gasteiger partial charge in [0.2, 0.25) is 0 Å². The van der Waals surface area contributed by atoms with Crippen molar-refractivity contribution in [3.05, 3.63) is 160 Å². The van der Waals surface area contributed by atoms with Crippen LogP contribution in [0.15, 0.2) is 136 Å². The summed E-state index contributed by atoms with van der Waals surface area (Å²) >= 11 is 12.7. The second kappa shape index (κ2) is 20.8. The number of anilines is 2. The van der Waals surface area contributed by atoms with Crippen molar-refractivity contribution in [2.24, 2.45) is 9.98 Å². The molecule has 0 radical (unpaired) electrons. The monoisotopic (exact) mass is 880 g/mol. The Bertz CT molecular complexity index is 2780. The summed E-state index contributed by atoms with van der Waals surface area (Å²) in [6, 6.07) is 34.6. The van der Waals surface area contributed by atoms with Crippen LogP contribution in [-0.4, -0.2) is 68.5 Å². The summed E-state index contributed by atoms with van der Waals surface area (Å²) in [5, 5.41) is 5.09. The van der Waals surface area contributed by atoms with E-state index in [-0.39, 0.29) is 24.7 Å². The van der Waals surface area contributed by atoms with Crippen LogP contribution in [0.2, 0.25) is 10.0 Å². The molecule has 2 aromatic heterocycles. The molecule has 0 saturated carbocycles. The van der Waals surface area contributed by atoms with Gasteiger partial charge in [-0.2, -0.15) is 0 Å². The Labute approximate surface area is 364 Å². The van der Waals surface area contributed by atoms with E-state index in [1.54, 1.807) is 42.7 Å². The van der Waals surface area contributed by atoms with Crippen molar-refractivity contribution in [1.29, 1.82) is 0 Å². The van der Waals surface area contributed by atoms with Crippen LogP contribution < -0.4 is 14.8 Å². The highest BCUT2D eigenvalue weighted by Gasteiger charge is 2.12. The summed E-state index contributed by atoms with van der Waals surface area (Å²) < 4.78 is 53.1. The Hall–Kier alpha value is -6.28. The molecule has 0 fully saturated rings. The third kappa shape index (κ3) is 13.6. The van der Waals surface area contributed by atoms with Crippen molar-refractivity contribution in [2.45, 2.75) is 20.1 Å². The lowest BCUT2D eigenvalue weighted by atomic mass is 10.1. The van der Waals surface area contributed by atoms with E-state index < -0.39 is 9.84 Å². The standard InChI is InChI=1S/C30H27ClN4O4S.C16H16ClFN2O/c1-20-4-3-5-21(14-20)18-38-29-10-7-23(16-26(29)31)35-30-25-15-22(6-9-27(25)33-19-34-30)28-11-8-24(39-28)17-32-12-13-40(2,36)37;1-20(2)11-19-14-6-7-16(15(17)9-14)21-10-12-4-3-5-13(18)8-12/h3-11,14-17,19H,12-13,18H2,1-2H3,(H,33,34,35);3-9,11H,10H2,1-2H3. The van der Waals surface area contributed by atoms with Crippen molar-refractivity contribution in [3.8, 4) is 22.8 Å². The SMILES string of the molecule is CN(C)C=Nc1ccc(OCc2cccc(F)c2)c(Cl)c1.Cc1cccc(COc2ccc(Nc3ncnc4ccc(-c5ccc(C=NCCS(C)(=O)=O)o5)cc34)cc2Cl)c1. The number of rotatable bonds is 15. The summed E-state index contributed by atoms with van der Waals surface area (Å²) in [7, 11) is 0.722. The van der Waals surface area contributed by atoms with Gasteiger partial charge in [-0.05, 0) is 96.9 Å². The van der Waals surface area contributed by atoms with Crippen LogP contribution in [0.5, 0.6) is 11.5 Å². The first-order valence-corrected chi connectivity index (χ1v) is 21.7. The number of benzene rings is 5. The van der Waals surface area contributed by atoms with Crippen LogP contribution >= 0.6 is 23.2 Å². The van der Waals surface area contributed by atoms with E-state index in [0.29, 0.717) is 45.5 Å². The van der Waals surface area contributed by atoms with Gasteiger partial charge in [0.05, 0.1) is 46.1 Å². The second-order valence-corrected chi connectivity index (χ2v) is 17.2. The number of ether oxygens (including phenoxy) is 2. The number of halogens is 3. The van der Waals surface area contributed by atoms with Crippen LogP contribution in [0.4, 0.5) is 21.6 Å². The van der Waals surface area contributed by atoms with Gasteiger partial charge >= 0.3 is 0 Å². The fraction of sp³-hybridized carbons (Fsp3) is 0.174. The molecule has 0 spiro atoms. The molecule has 314 valence electrons. The van der Waals surface area contributed by atoms with Crippen LogP contribution in [0.3, 0.4) is 0 Å². The van der Waals surface area contributed by atoms with Gasteiger partial charge in [0.25, 0.3) is 0 Å². The Morgan fingerprint density at radius 2 is 1.56 bits per heavy atom. The summed E-state index contributed by atoms with van der Waals surface area (Å²) in [4.78, 5) is 19.1. The van der Waals surface area contributed by atoms with Gasteiger partial charge in [-0.1, -0.05) is 65.2 Å². The first-order chi connectivity index (χ1) is 29.3. The minimum Gasteiger partial charge on any atom is -0.487 e. The number of aromatic nitrogens is 2. The summed E-state index contributed by atoms with van der Waals surface area (Å²) in [6.07, 6.45) is 5.91. The van der Waals surface area contributed by atoms with Crippen molar-refractivity contribution >= 4 is 73.7 Å². The average Bonchev–Trinajstić information content (AvgIpc) is 3.70. The zero-order chi connectivity index (χ0) is 43.4. The zero-order valence-electron chi connectivity index (χ0n) is 33.8. The minimum absolute atomic E-state index is 0.00805. The van der Waals surface area contributed by atoms with E-state index in [2.05, 4.69) is 31.3 Å². The Morgan fingerprint density at radius 3 is 2.25 bits per heavy atom.